The van der Waals surface area contributed by atoms with Gasteiger partial charge in [-0.05, 0) is 79.1 Å². The molecule has 3 N–H and O–H groups in total. The SMILES string of the molecule is CC[C@H]1OC(=O)[C@@](C)(F)[C@@H](O)[C@H](C)[C@@H](O[C@@H]2O[C@H](C)C[C@H](N(C)C)[C@H]2O)[C@](C)(OCC#Cc2cc(-c3cnc4ccccc4c3)no2)C[C@@H](C)C(=O)[C@H](C)[C@H]2NC(=O)O[C@@]21C. The third kappa shape index (κ3) is 9.33. The fourth-order valence-corrected chi connectivity index (χ4v) is 9.29. The fraction of sp³-hybridized carbons (Fsp3) is 0.622. The van der Waals surface area contributed by atoms with Crippen molar-refractivity contribution in [3.05, 3.63) is 48.4 Å². The van der Waals surface area contributed by atoms with Crippen molar-refractivity contribution >= 4 is 28.7 Å². The van der Waals surface area contributed by atoms with Gasteiger partial charge in [-0.15, -0.1) is 0 Å². The third-order valence-corrected chi connectivity index (χ3v) is 12.8. The lowest BCUT2D eigenvalue weighted by molar-refractivity contribution is -0.304. The zero-order valence-corrected chi connectivity index (χ0v) is 36.5. The van der Waals surface area contributed by atoms with Crippen LogP contribution in [0.4, 0.5) is 9.18 Å². The van der Waals surface area contributed by atoms with Crippen LogP contribution in [0.3, 0.4) is 0 Å². The average Bonchev–Trinajstić information content (AvgIpc) is 3.83. The van der Waals surface area contributed by atoms with Crippen molar-refractivity contribution in [1.29, 1.82) is 0 Å². The summed E-state index contributed by atoms with van der Waals surface area (Å²) in [6.07, 6.45) is -6.08. The molecular formula is C45H59FN4O11. The normalized spacial score (nSPS) is 37.5. The van der Waals surface area contributed by atoms with Crippen molar-refractivity contribution in [2.45, 2.75) is 140 Å². The monoisotopic (exact) mass is 850 g/mol. The van der Waals surface area contributed by atoms with Crippen LogP contribution in [-0.2, 0) is 33.3 Å². The largest absolute Gasteiger partial charge is 0.456 e. The van der Waals surface area contributed by atoms with E-state index < -0.39 is 89.5 Å². The number of likely N-dealkylation sites (N-methyl/N-ethyl adjacent to an activating group) is 1. The summed E-state index contributed by atoms with van der Waals surface area (Å²) in [4.78, 5) is 47.4. The molecule has 15 nitrogen and oxygen atoms in total. The Morgan fingerprint density at radius 2 is 1.79 bits per heavy atom. The molecule has 1 aromatic carbocycles. The maximum Gasteiger partial charge on any atom is 0.408 e. The van der Waals surface area contributed by atoms with Gasteiger partial charge in [0.1, 0.15) is 36.4 Å². The number of ketones is 1. The molecule has 3 aliphatic rings. The Kier molecular flexibility index (Phi) is 13.6. The van der Waals surface area contributed by atoms with Crippen LogP contribution >= 0.6 is 0 Å². The zero-order valence-electron chi connectivity index (χ0n) is 36.5. The Morgan fingerprint density at radius 3 is 2.49 bits per heavy atom. The number of para-hydroxylation sites is 1. The molecule has 0 spiro atoms. The van der Waals surface area contributed by atoms with Gasteiger partial charge in [0.15, 0.2) is 11.9 Å². The van der Waals surface area contributed by atoms with E-state index >= 15 is 4.39 Å². The molecule has 5 heterocycles. The van der Waals surface area contributed by atoms with Crippen LogP contribution in [0.1, 0.15) is 80.4 Å². The first-order valence-electron chi connectivity index (χ1n) is 20.9. The highest BCUT2D eigenvalue weighted by Crippen LogP contribution is 2.42. The molecule has 6 rings (SSSR count). The van der Waals surface area contributed by atoms with Crippen molar-refractivity contribution < 1.29 is 57.2 Å². The van der Waals surface area contributed by atoms with E-state index in [4.69, 9.17) is 28.2 Å². The smallest absolute Gasteiger partial charge is 0.408 e. The van der Waals surface area contributed by atoms with Crippen molar-refractivity contribution in [2.24, 2.45) is 17.8 Å². The summed E-state index contributed by atoms with van der Waals surface area (Å²) in [7, 11) is 3.64. The van der Waals surface area contributed by atoms with Gasteiger partial charge in [-0.25, -0.2) is 14.0 Å². The van der Waals surface area contributed by atoms with E-state index in [1.54, 1.807) is 40.0 Å². The van der Waals surface area contributed by atoms with Gasteiger partial charge >= 0.3 is 12.1 Å². The lowest BCUT2D eigenvalue weighted by Gasteiger charge is -2.48. The number of aliphatic hydroxyl groups is 2. The summed E-state index contributed by atoms with van der Waals surface area (Å²) in [6.45, 7) is 12.2. The van der Waals surface area contributed by atoms with E-state index in [9.17, 15) is 24.6 Å². The first kappa shape index (κ1) is 46.0. The predicted molar refractivity (Wildman–Crippen MR) is 220 cm³/mol. The molecule has 1 amide bonds. The molecular weight excluding hydrogens is 792 g/mol. The number of carbonyl (C=O) groups is 3. The van der Waals surface area contributed by atoms with Gasteiger partial charge < -0.3 is 48.6 Å². The number of cyclic esters (lactones) is 1. The lowest BCUT2D eigenvalue weighted by atomic mass is 9.73. The Balaban J connectivity index is 1.38. The summed E-state index contributed by atoms with van der Waals surface area (Å²) in [6, 6.07) is 9.94. The Hall–Kier alpha value is -4.50. The highest BCUT2D eigenvalue weighted by molar-refractivity contribution is 5.86. The number of halogens is 1. The predicted octanol–water partition coefficient (Wildman–Crippen LogP) is 4.99. The topological polar surface area (TPSA) is 192 Å². The Bertz CT molecular complexity index is 2140. The minimum atomic E-state index is -3.04. The van der Waals surface area contributed by atoms with Gasteiger partial charge in [0.2, 0.25) is 11.4 Å². The quantitative estimate of drug-likeness (QED) is 0.213. The van der Waals surface area contributed by atoms with Crippen LogP contribution in [-0.4, -0.2) is 130 Å². The number of fused-ring (bicyclic) bond motifs is 2. The van der Waals surface area contributed by atoms with Crippen LogP contribution in [0.2, 0.25) is 0 Å². The van der Waals surface area contributed by atoms with Gasteiger partial charge in [-0.2, -0.15) is 0 Å². The fourth-order valence-electron chi connectivity index (χ4n) is 9.29. The second-order valence-corrected chi connectivity index (χ2v) is 17.7. The molecule has 2 aromatic heterocycles. The van der Waals surface area contributed by atoms with Crippen molar-refractivity contribution in [2.75, 3.05) is 20.7 Å². The molecule has 332 valence electrons. The number of carbonyl (C=O) groups excluding carboxylic acids is 3. The average molecular weight is 851 g/mol. The third-order valence-electron chi connectivity index (χ3n) is 12.8. The first-order valence-corrected chi connectivity index (χ1v) is 20.9. The number of aromatic nitrogens is 2. The minimum absolute atomic E-state index is 0.0701. The van der Waals surface area contributed by atoms with E-state index in [0.29, 0.717) is 12.1 Å². The number of Topliss-reactive ketones (excluding diaryl/α,β-unsaturated/α-hetero) is 1. The molecule has 14 atom stereocenters. The molecule has 0 bridgehead atoms. The maximum absolute atomic E-state index is 17.0. The number of pyridine rings is 1. The molecule has 0 aliphatic carbocycles. The second kappa shape index (κ2) is 18.1. The first-order chi connectivity index (χ1) is 28.7. The second-order valence-electron chi connectivity index (χ2n) is 17.7. The van der Waals surface area contributed by atoms with Gasteiger partial charge in [-0.1, -0.05) is 57.0 Å². The molecule has 0 radical (unpaired) electrons. The minimum Gasteiger partial charge on any atom is -0.456 e. The highest BCUT2D eigenvalue weighted by atomic mass is 19.1. The zero-order chi connectivity index (χ0) is 44.6. The summed E-state index contributed by atoms with van der Waals surface area (Å²) >= 11 is 0. The van der Waals surface area contributed by atoms with E-state index in [2.05, 4.69) is 27.3 Å². The van der Waals surface area contributed by atoms with Crippen molar-refractivity contribution in [3.8, 4) is 23.1 Å². The standard InChI is InChI=1S/C45H59FN4O11/c1-11-34-45(8)37(48-42(55)60-45)26(4)35(51)24(2)22-43(6,56-18-14-16-30-21-32(49-61-30)29-20-28-15-12-13-17-31(28)47-23-29)39(27(5)38(53)44(7,46)41(54)58-34)59-40-36(52)33(50(9)10)19-25(3)57-40/h12-13,15,17,20-21,23-27,33-34,36-40,52-53H,11,18-19,22H2,1-10H3,(H,48,55)/t24-,25-,26+,27+,33+,34-,36-,37-,38+,39-,40+,43-,44+,45-/m1/s1. The number of aliphatic hydroxyl groups excluding tert-OH is 2. The van der Waals surface area contributed by atoms with E-state index in [1.165, 1.54) is 13.8 Å². The number of alkyl halides is 1. The van der Waals surface area contributed by atoms with Crippen LogP contribution in [0, 0.1) is 29.6 Å². The van der Waals surface area contributed by atoms with Crippen molar-refractivity contribution in [3.63, 3.8) is 0 Å². The number of esters is 1. The summed E-state index contributed by atoms with van der Waals surface area (Å²) in [5.74, 6) is 1.47. The van der Waals surface area contributed by atoms with Gasteiger partial charge in [0, 0.05) is 47.0 Å². The number of amides is 1. The molecule has 3 aliphatic heterocycles. The van der Waals surface area contributed by atoms with E-state index in [-0.39, 0.29) is 37.1 Å². The Morgan fingerprint density at radius 1 is 1.07 bits per heavy atom. The van der Waals surface area contributed by atoms with E-state index in [1.807, 2.05) is 56.3 Å². The number of ether oxygens (including phenoxy) is 5. The number of rotatable bonds is 7. The van der Waals surface area contributed by atoms with Gasteiger partial charge in [0.25, 0.3) is 0 Å². The number of hydrogen-bond acceptors (Lipinski definition) is 14. The summed E-state index contributed by atoms with van der Waals surface area (Å²) in [5.41, 5.74) is -4.09. The Labute approximate surface area is 355 Å². The highest BCUT2D eigenvalue weighted by Gasteiger charge is 2.59. The van der Waals surface area contributed by atoms with Crippen LogP contribution in [0.25, 0.3) is 22.2 Å². The van der Waals surface area contributed by atoms with Crippen molar-refractivity contribution in [1.82, 2.24) is 20.4 Å². The van der Waals surface area contributed by atoms with Crippen LogP contribution < -0.4 is 5.32 Å². The van der Waals surface area contributed by atoms with Crippen LogP contribution in [0.5, 0.6) is 0 Å². The maximum atomic E-state index is 17.0. The number of nitrogens with zero attached hydrogens (tertiary/aromatic N) is 3. The molecule has 16 heteroatoms. The molecule has 0 saturated carbocycles. The van der Waals surface area contributed by atoms with Gasteiger partial charge in [0.05, 0.1) is 29.4 Å². The molecule has 61 heavy (non-hydrogen) atoms. The number of benzene rings is 1. The lowest BCUT2D eigenvalue weighted by Crippen LogP contribution is -2.62. The number of alkyl carbamates (subject to hydrolysis) is 1. The number of hydrogen-bond donors (Lipinski definition) is 3. The summed E-state index contributed by atoms with van der Waals surface area (Å²) < 4.78 is 53.4. The van der Waals surface area contributed by atoms with Gasteiger partial charge in [-0.3, -0.25) is 9.78 Å². The summed E-state index contributed by atoms with van der Waals surface area (Å²) in [5, 5.41) is 31.3. The molecule has 3 aromatic rings. The molecule has 0 unspecified atom stereocenters. The van der Waals surface area contributed by atoms with Crippen LogP contribution in [0.15, 0.2) is 47.1 Å². The van der Waals surface area contributed by atoms with E-state index in [0.717, 1.165) is 23.4 Å². The number of nitrogens with one attached hydrogen (secondary N) is 1. The molecule has 3 fully saturated rings. The molecule has 3 saturated heterocycles.